The van der Waals surface area contributed by atoms with Crippen LogP contribution in [0.5, 0.6) is 0 Å². The second-order valence-electron chi connectivity index (χ2n) is 5.11. The molecule has 0 atom stereocenters. The van der Waals surface area contributed by atoms with E-state index in [0.717, 1.165) is 27.2 Å². The van der Waals surface area contributed by atoms with Crippen molar-refractivity contribution in [2.24, 2.45) is 0 Å². The number of benzene rings is 2. The first kappa shape index (κ1) is 16.3. The quantitative estimate of drug-likeness (QED) is 0.531. The summed E-state index contributed by atoms with van der Waals surface area (Å²) in [7, 11) is 0. The van der Waals surface area contributed by atoms with E-state index in [4.69, 9.17) is 4.74 Å². The zero-order chi connectivity index (χ0) is 16.9. The first-order valence-corrected chi connectivity index (χ1v) is 8.92. The molecule has 0 amide bonds. The van der Waals surface area contributed by atoms with Gasteiger partial charge in [-0.2, -0.15) is 0 Å². The van der Waals surface area contributed by atoms with Crippen LogP contribution in [0.3, 0.4) is 0 Å². The standard InChI is InChI=1S/C19H18N2O2S/c1-3-23-19(22)14-12-20-15-9-5-4-8-13(15)18(14)21-16-10-6-7-11-17(16)24-2/h4-12H,3H2,1-2H3,(H,20,21). The number of hydrogen-bond donors (Lipinski definition) is 1. The minimum absolute atomic E-state index is 0.326. The van der Waals surface area contributed by atoms with Gasteiger partial charge in [0.1, 0.15) is 5.56 Å². The summed E-state index contributed by atoms with van der Waals surface area (Å²) in [6.45, 7) is 2.12. The maximum atomic E-state index is 12.3. The Morgan fingerprint density at radius 3 is 2.71 bits per heavy atom. The number of carbonyl (C=O) groups is 1. The second kappa shape index (κ2) is 7.36. The van der Waals surface area contributed by atoms with Gasteiger partial charge in [-0.05, 0) is 31.4 Å². The van der Waals surface area contributed by atoms with Crippen LogP contribution in [0.4, 0.5) is 11.4 Å². The molecular formula is C19H18N2O2S. The van der Waals surface area contributed by atoms with E-state index in [-0.39, 0.29) is 5.97 Å². The van der Waals surface area contributed by atoms with E-state index in [1.807, 2.05) is 54.8 Å². The molecule has 122 valence electrons. The largest absolute Gasteiger partial charge is 0.462 e. The number of pyridine rings is 1. The monoisotopic (exact) mass is 338 g/mol. The number of para-hydroxylation sites is 2. The number of rotatable bonds is 5. The second-order valence-corrected chi connectivity index (χ2v) is 5.96. The van der Waals surface area contributed by atoms with Crippen molar-refractivity contribution in [2.75, 3.05) is 18.2 Å². The molecule has 0 aliphatic heterocycles. The van der Waals surface area contributed by atoms with Gasteiger partial charge in [-0.15, -0.1) is 11.8 Å². The van der Waals surface area contributed by atoms with Gasteiger partial charge >= 0.3 is 5.97 Å². The van der Waals surface area contributed by atoms with Gasteiger partial charge in [-0.3, -0.25) is 4.98 Å². The minimum atomic E-state index is -0.375. The van der Waals surface area contributed by atoms with E-state index in [1.165, 1.54) is 0 Å². The fourth-order valence-electron chi connectivity index (χ4n) is 2.52. The van der Waals surface area contributed by atoms with Crippen LogP contribution in [-0.4, -0.2) is 23.8 Å². The van der Waals surface area contributed by atoms with E-state index < -0.39 is 0 Å². The Bertz CT molecular complexity index is 880. The molecule has 0 saturated carbocycles. The molecule has 0 saturated heterocycles. The number of carbonyl (C=O) groups excluding carboxylic acids is 1. The lowest BCUT2D eigenvalue weighted by atomic mass is 10.1. The average Bonchev–Trinajstić information content (AvgIpc) is 2.62. The summed E-state index contributed by atoms with van der Waals surface area (Å²) in [5.41, 5.74) is 2.94. The predicted octanol–water partition coefficient (Wildman–Crippen LogP) is 4.88. The zero-order valence-electron chi connectivity index (χ0n) is 13.6. The van der Waals surface area contributed by atoms with Crippen LogP contribution in [0, 0.1) is 0 Å². The normalized spacial score (nSPS) is 10.6. The van der Waals surface area contributed by atoms with Crippen LogP contribution in [0.25, 0.3) is 10.9 Å². The van der Waals surface area contributed by atoms with Crippen molar-refractivity contribution in [1.29, 1.82) is 0 Å². The number of esters is 1. The highest BCUT2D eigenvalue weighted by molar-refractivity contribution is 7.98. The van der Waals surface area contributed by atoms with Crippen molar-refractivity contribution in [3.63, 3.8) is 0 Å². The molecule has 0 radical (unpaired) electrons. The summed E-state index contributed by atoms with van der Waals surface area (Å²) < 4.78 is 5.19. The number of fused-ring (bicyclic) bond motifs is 1. The van der Waals surface area contributed by atoms with Gasteiger partial charge in [-0.25, -0.2) is 4.79 Å². The van der Waals surface area contributed by atoms with Gasteiger partial charge < -0.3 is 10.1 Å². The van der Waals surface area contributed by atoms with Gasteiger partial charge in [0.05, 0.1) is 23.5 Å². The highest BCUT2D eigenvalue weighted by atomic mass is 32.2. The maximum Gasteiger partial charge on any atom is 0.341 e. The van der Waals surface area contributed by atoms with E-state index in [1.54, 1.807) is 24.9 Å². The Hall–Kier alpha value is -2.53. The molecule has 0 spiro atoms. The summed E-state index contributed by atoms with van der Waals surface area (Å²) in [4.78, 5) is 17.8. The molecule has 3 rings (SSSR count). The third-order valence-corrected chi connectivity index (χ3v) is 4.43. The van der Waals surface area contributed by atoms with Crippen LogP contribution in [0.15, 0.2) is 59.6 Å². The predicted molar refractivity (Wildman–Crippen MR) is 99.2 cm³/mol. The molecule has 3 aromatic rings. The molecule has 0 bridgehead atoms. The summed E-state index contributed by atoms with van der Waals surface area (Å²) in [5.74, 6) is -0.375. The maximum absolute atomic E-state index is 12.3. The molecule has 24 heavy (non-hydrogen) atoms. The fourth-order valence-corrected chi connectivity index (χ4v) is 3.08. The molecule has 0 aliphatic rings. The highest BCUT2D eigenvalue weighted by Crippen LogP contribution is 2.33. The Balaban J connectivity index is 2.16. The molecule has 2 aromatic carbocycles. The molecule has 1 heterocycles. The number of aromatic nitrogens is 1. The van der Waals surface area contributed by atoms with Crippen molar-refractivity contribution >= 4 is 40.0 Å². The zero-order valence-corrected chi connectivity index (χ0v) is 14.4. The molecule has 0 unspecified atom stereocenters. The summed E-state index contributed by atoms with van der Waals surface area (Å²) in [5, 5.41) is 4.30. The van der Waals surface area contributed by atoms with Crippen LogP contribution in [-0.2, 0) is 4.74 Å². The Labute approximate surface area is 145 Å². The van der Waals surface area contributed by atoms with Crippen LogP contribution < -0.4 is 5.32 Å². The number of nitrogens with zero attached hydrogens (tertiary/aromatic N) is 1. The lowest BCUT2D eigenvalue weighted by Crippen LogP contribution is -2.09. The number of hydrogen-bond acceptors (Lipinski definition) is 5. The fraction of sp³-hybridized carbons (Fsp3) is 0.158. The van der Waals surface area contributed by atoms with Gasteiger partial charge in [0.15, 0.2) is 0 Å². The first-order chi connectivity index (χ1) is 11.7. The SMILES string of the molecule is CCOC(=O)c1cnc2ccccc2c1Nc1ccccc1SC. The Kier molecular flexibility index (Phi) is 5.01. The Morgan fingerprint density at radius 1 is 1.17 bits per heavy atom. The smallest absolute Gasteiger partial charge is 0.341 e. The van der Waals surface area contributed by atoms with E-state index >= 15 is 0 Å². The van der Waals surface area contributed by atoms with Crippen molar-refractivity contribution in [3.8, 4) is 0 Å². The van der Waals surface area contributed by atoms with Crippen molar-refractivity contribution < 1.29 is 9.53 Å². The number of nitrogens with one attached hydrogen (secondary N) is 1. The molecule has 1 N–H and O–H groups in total. The summed E-state index contributed by atoms with van der Waals surface area (Å²) in [6.07, 6.45) is 3.60. The average molecular weight is 338 g/mol. The van der Waals surface area contributed by atoms with Gasteiger partial charge in [0, 0.05) is 16.5 Å². The highest BCUT2D eigenvalue weighted by Gasteiger charge is 2.17. The van der Waals surface area contributed by atoms with E-state index in [0.29, 0.717) is 12.2 Å². The van der Waals surface area contributed by atoms with Crippen molar-refractivity contribution in [2.45, 2.75) is 11.8 Å². The van der Waals surface area contributed by atoms with Gasteiger partial charge in [0.2, 0.25) is 0 Å². The molecule has 5 heteroatoms. The third-order valence-electron chi connectivity index (χ3n) is 3.64. The van der Waals surface area contributed by atoms with Crippen LogP contribution >= 0.6 is 11.8 Å². The minimum Gasteiger partial charge on any atom is -0.462 e. The molecule has 0 fully saturated rings. The lowest BCUT2D eigenvalue weighted by molar-refractivity contribution is 0.0527. The topological polar surface area (TPSA) is 51.2 Å². The van der Waals surface area contributed by atoms with Crippen LogP contribution in [0.1, 0.15) is 17.3 Å². The molecule has 0 aliphatic carbocycles. The van der Waals surface area contributed by atoms with E-state index in [9.17, 15) is 4.79 Å². The molecule has 1 aromatic heterocycles. The number of ether oxygens (including phenoxy) is 1. The number of anilines is 2. The Morgan fingerprint density at radius 2 is 1.92 bits per heavy atom. The molecular weight excluding hydrogens is 320 g/mol. The number of thioether (sulfide) groups is 1. The lowest BCUT2D eigenvalue weighted by Gasteiger charge is -2.16. The van der Waals surface area contributed by atoms with E-state index in [2.05, 4.69) is 10.3 Å². The third kappa shape index (κ3) is 3.21. The van der Waals surface area contributed by atoms with Crippen LogP contribution in [0.2, 0.25) is 0 Å². The summed E-state index contributed by atoms with van der Waals surface area (Å²) >= 11 is 1.65. The van der Waals surface area contributed by atoms with Crippen molar-refractivity contribution in [3.05, 3.63) is 60.3 Å². The summed E-state index contributed by atoms with van der Waals surface area (Å²) in [6, 6.07) is 15.7. The van der Waals surface area contributed by atoms with Gasteiger partial charge in [0.25, 0.3) is 0 Å². The van der Waals surface area contributed by atoms with Crippen molar-refractivity contribution in [1.82, 2.24) is 4.98 Å². The first-order valence-electron chi connectivity index (χ1n) is 7.69. The van der Waals surface area contributed by atoms with Gasteiger partial charge in [-0.1, -0.05) is 30.3 Å². The molecule has 4 nitrogen and oxygen atoms in total.